The van der Waals surface area contributed by atoms with E-state index in [0.29, 0.717) is 18.0 Å². The van der Waals surface area contributed by atoms with Crippen LogP contribution in [0.25, 0.3) is 0 Å². The van der Waals surface area contributed by atoms with Gasteiger partial charge in [-0.15, -0.1) is 0 Å². The highest BCUT2D eigenvalue weighted by molar-refractivity contribution is 4.99. The van der Waals surface area contributed by atoms with E-state index in [4.69, 9.17) is 9.47 Å². The predicted octanol–water partition coefficient (Wildman–Crippen LogP) is 1.35. The van der Waals surface area contributed by atoms with Gasteiger partial charge in [0.1, 0.15) is 0 Å². The van der Waals surface area contributed by atoms with Crippen LogP contribution in [0.4, 0.5) is 0 Å². The zero-order chi connectivity index (χ0) is 13.7. The van der Waals surface area contributed by atoms with Crippen LogP contribution >= 0.6 is 0 Å². The fraction of sp³-hybridized carbons (Fsp3) is 1.00. The molecule has 0 bridgehead atoms. The molecule has 4 unspecified atom stereocenters. The van der Waals surface area contributed by atoms with Crippen LogP contribution in [0.1, 0.15) is 27.2 Å². The first-order chi connectivity index (χ1) is 8.49. The molecule has 0 aromatic rings. The van der Waals surface area contributed by atoms with Gasteiger partial charge in [-0.3, -0.25) is 0 Å². The SMILES string of the molecule is CCOC1CC(NC(CN(C)C)C(C)C)C1OC. The summed E-state index contributed by atoms with van der Waals surface area (Å²) in [4.78, 5) is 2.23. The molecule has 1 N–H and O–H groups in total. The maximum absolute atomic E-state index is 5.66. The fourth-order valence-corrected chi connectivity index (χ4v) is 2.56. The zero-order valence-electron chi connectivity index (χ0n) is 12.8. The summed E-state index contributed by atoms with van der Waals surface area (Å²) in [5, 5.41) is 3.73. The van der Waals surface area contributed by atoms with Gasteiger partial charge in [-0.05, 0) is 33.4 Å². The van der Waals surface area contributed by atoms with Crippen molar-refractivity contribution in [3.05, 3.63) is 0 Å². The summed E-state index contributed by atoms with van der Waals surface area (Å²) in [6.45, 7) is 8.40. The topological polar surface area (TPSA) is 33.7 Å². The number of hydrogen-bond donors (Lipinski definition) is 1. The molecule has 0 aromatic carbocycles. The summed E-state index contributed by atoms with van der Waals surface area (Å²) in [6, 6.07) is 0.934. The number of rotatable bonds is 8. The summed E-state index contributed by atoms with van der Waals surface area (Å²) >= 11 is 0. The second-order valence-electron chi connectivity index (χ2n) is 5.82. The Morgan fingerprint density at radius 2 is 2.00 bits per heavy atom. The van der Waals surface area contributed by atoms with Gasteiger partial charge in [0.15, 0.2) is 0 Å². The Bertz CT molecular complexity index is 234. The lowest BCUT2D eigenvalue weighted by atomic mass is 9.84. The third-order valence-corrected chi connectivity index (χ3v) is 3.70. The smallest absolute Gasteiger partial charge is 0.0986 e. The number of methoxy groups -OCH3 is 1. The lowest BCUT2D eigenvalue weighted by Gasteiger charge is -2.46. The molecule has 18 heavy (non-hydrogen) atoms. The monoisotopic (exact) mass is 258 g/mol. The van der Waals surface area contributed by atoms with E-state index >= 15 is 0 Å². The summed E-state index contributed by atoms with van der Waals surface area (Å²) < 4.78 is 11.2. The average Bonchev–Trinajstić information content (AvgIpc) is 2.25. The second-order valence-corrected chi connectivity index (χ2v) is 5.82. The molecule has 0 spiro atoms. The van der Waals surface area contributed by atoms with E-state index < -0.39 is 0 Å². The van der Waals surface area contributed by atoms with E-state index in [1.807, 2.05) is 6.92 Å². The summed E-state index contributed by atoms with van der Waals surface area (Å²) in [6.07, 6.45) is 1.53. The van der Waals surface area contributed by atoms with Crippen LogP contribution in [-0.2, 0) is 9.47 Å². The fourth-order valence-electron chi connectivity index (χ4n) is 2.56. The Hall–Kier alpha value is -0.160. The zero-order valence-corrected chi connectivity index (χ0v) is 12.8. The van der Waals surface area contributed by atoms with Crippen molar-refractivity contribution in [2.45, 2.75) is 51.5 Å². The summed E-state index contributed by atoms with van der Waals surface area (Å²) in [5.41, 5.74) is 0. The highest BCUT2D eigenvalue weighted by atomic mass is 16.5. The molecule has 1 fully saturated rings. The first-order valence-corrected chi connectivity index (χ1v) is 7.04. The van der Waals surface area contributed by atoms with Crippen molar-refractivity contribution in [1.82, 2.24) is 10.2 Å². The van der Waals surface area contributed by atoms with Crippen molar-refractivity contribution in [1.29, 1.82) is 0 Å². The maximum atomic E-state index is 5.66. The Kier molecular flexibility index (Phi) is 6.57. The molecule has 0 heterocycles. The molecule has 4 heteroatoms. The van der Waals surface area contributed by atoms with Crippen LogP contribution in [0.15, 0.2) is 0 Å². The highest BCUT2D eigenvalue weighted by Crippen LogP contribution is 2.27. The minimum Gasteiger partial charge on any atom is -0.377 e. The summed E-state index contributed by atoms with van der Waals surface area (Å²) in [7, 11) is 6.02. The largest absolute Gasteiger partial charge is 0.377 e. The minimum absolute atomic E-state index is 0.202. The number of likely N-dealkylation sites (N-methyl/N-ethyl adjacent to an activating group) is 1. The molecule has 0 aromatic heterocycles. The number of hydrogen-bond acceptors (Lipinski definition) is 4. The lowest BCUT2D eigenvalue weighted by molar-refractivity contribution is -0.134. The van der Waals surface area contributed by atoms with E-state index in [0.717, 1.165) is 19.6 Å². The molecule has 0 saturated heterocycles. The Morgan fingerprint density at radius 1 is 1.33 bits per heavy atom. The van der Waals surface area contributed by atoms with Crippen LogP contribution in [0, 0.1) is 5.92 Å². The predicted molar refractivity (Wildman–Crippen MR) is 74.9 cm³/mol. The number of ether oxygens (including phenoxy) is 2. The van der Waals surface area contributed by atoms with Crippen molar-refractivity contribution in [3.8, 4) is 0 Å². The molecule has 1 rings (SSSR count). The Labute approximate surface area is 112 Å². The van der Waals surface area contributed by atoms with E-state index in [9.17, 15) is 0 Å². The van der Waals surface area contributed by atoms with Gasteiger partial charge in [0, 0.05) is 32.3 Å². The van der Waals surface area contributed by atoms with Gasteiger partial charge in [0.2, 0.25) is 0 Å². The van der Waals surface area contributed by atoms with Crippen LogP contribution < -0.4 is 5.32 Å². The number of nitrogens with zero attached hydrogens (tertiary/aromatic N) is 1. The van der Waals surface area contributed by atoms with Gasteiger partial charge in [-0.25, -0.2) is 0 Å². The van der Waals surface area contributed by atoms with Gasteiger partial charge in [0.05, 0.1) is 12.2 Å². The molecule has 4 nitrogen and oxygen atoms in total. The minimum atomic E-state index is 0.202. The molecule has 4 atom stereocenters. The maximum Gasteiger partial charge on any atom is 0.0986 e. The molecule has 1 aliphatic carbocycles. The highest BCUT2D eigenvalue weighted by Gasteiger charge is 2.43. The first-order valence-electron chi connectivity index (χ1n) is 7.04. The van der Waals surface area contributed by atoms with Crippen LogP contribution in [-0.4, -0.2) is 63.5 Å². The van der Waals surface area contributed by atoms with Crippen LogP contribution in [0.3, 0.4) is 0 Å². The van der Waals surface area contributed by atoms with Gasteiger partial charge in [-0.2, -0.15) is 0 Å². The van der Waals surface area contributed by atoms with Crippen molar-refractivity contribution in [2.75, 3.05) is 34.4 Å². The standard InChI is InChI=1S/C14H30N2O2/c1-7-18-13-8-11(14(13)17-6)15-12(10(2)3)9-16(4)5/h10-15H,7-9H2,1-6H3. The number of nitrogens with one attached hydrogen (secondary N) is 1. The average molecular weight is 258 g/mol. The molecule has 0 amide bonds. The molecule has 0 radical (unpaired) electrons. The van der Waals surface area contributed by atoms with E-state index in [-0.39, 0.29) is 12.2 Å². The van der Waals surface area contributed by atoms with E-state index in [1.165, 1.54) is 0 Å². The van der Waals surface area contributed by atoms with Crippen molar-refractivity contribution in [3.63, 3.8) is 0 Å². The second kappa shape index (κ2) is 7.43. The Balaban J connectivity index is 2.45. The molecule has 108 valence electrons. The van der Waals surface area contributed by atoms with Gasteiger partial charge < -0.3 is 19.7 Å². The first kappa shape index (κ1) is 15.9. The normalized spacial score (nSPS) is 29.7. The van der Waals surface area contributed by atoms with Crippen LogP contribution in [0.5, 0.6) is 0 Å². The third kappa shape index (κ3) is 4.19. The van der Waals surface area contributed by atoms with Gasteiger partial charge in [0.25, 0.3) is 0 Å². The molecular formula is C14H30N2O2. The van der Waals surface area contributed by atoms with E-state index in [2.05, 4.69) is 38.2 Å². The molecular weight excluding hydrogens is 228 g/mol. The van der Waals surface area contributed by atoms with Crippen molar-refractivity contribution in [2.24, 2.45) is 5.92 Å². The van der Waals surface area contributed by atoms with E-state index in [1.54, 1.807) is 7.11 Å². The Morgan fingerprint density at radius 3 is 2.44 bits per heavy atom. The lowest BCUT2D eigenvalue weighted by Crippen LogP contribution is -2.63. The summed E-state index contributed by atoms with van der Waals surface area (Å²) in [5.74, 6) is 0.621. The quantitative estimate of drug-likeness (QED) is 0.713. The van der Waals surface area contributed by atoms with Crippen molar-refractivity contribution < 1.29 is 9.47 Å². The van der Waals surface area contributed by atoms with Crippen LogP contribution in [0.2, 0.25) is 0 Å². The third-order valence-electron chi connectivity index (χ3n) is 3.70. The van der Waals surface area contributed by atoms with Crippen molar-refractivity contribution >= 4 is 0 Å². The van der Waals surface area contributed by atoms with Gasteiger partial charge >= 0.3 is 0 Å². The molecule has 1 aliphatic rings. The van der Waals surface area contributed by atoms with Gasteiger partial charge in [-0.1, -0.05) is 13.8 Å². The molecule has 1 saturated carbocycles. The molecule has 0 aliphatic heterocycles.